The molecule has 0 aromatic carbocycles. The van der Waals surface area contributed by atoms with Crippen molar-refractivity contribution in [3.05, 3.63) is 56.2 Å². The van der Waals surface area contributed by atoms with Crippen LogP contribution in [-0.4, -0.2) is 38.7 Å². The molecule has 4 rings (SSSR count). The van der Waals surface area contributed by atoms with Gasteiger partial charge in [-0.15, -0.1) is 22.7 Å². The molecule has 0 unspecified atom stereocenters. The number of hydrogen-bond donors (Lipinski definition) is 1. The molecule has 0 atom stereocenters. The standard InChI is InChI=1S/C18H20N4O2S2/c23-16(12-14-3-1-9-25-14)21-7-5-13(6-8-21)11-15-19-20-18(24)22(15)17-4-2-10-26-17/h1-4,9-10,13H,5-8,11-12H2,(H,20,24). The van der Waals surface area contributed by atoms with Crippen molar-refractivity contribution in [2.24, 2.45) is 5.92 Å². The lowest BCUT2D eigenvalue weighted by Gasteiger charge is -2.31. The summed E-state index contributed by atoms with van der Waals surface area (Å²) in [5.41, 5.74) is -0.189. The molecule has 3 aromatic heterocycles. The van der Waals surface area contributed by atoms with E-state index in [0.29, 0.717) is 12.3 Å². The van der Waals surface area contributed by atoms with E-state index in [-0.39, 0.29) is 11.6 Å². The molecule has 1 aliphatic rings. The van der Waals surface area contributed by atoms with Crippen LogP contribution < -0.4 is 5.69 Å². The monoisotopic (exact) mass is 388 g/mol. The summed E-state index contributed by atoms with van der Waals surface area (Å²) in [5.74, 6) is 1.43. The van der Waals surface area contributed by atoms with Crippen molar-refractivity contribution >= 4 is 28.6 Å². The smallest absolute Gasteiger partial charge is 0.342 e. The Morgan fingerprint density at radius 2 is 1.96 bits per heavy atom. The van der Waals surface area contributed by atoms with Gasteiger partial charge in [-0.05, 0) is 47.7 Å². The number of thiophene rings is 2. The van der Waals surface area contributed by atoms with Crippen molar-refractivity contribution in [2.75, 3.05) is 13.1 Å². The lowest BCUT2D eigenvalue weighted by Crippen LogP contribution is -2.39. The normalized spacial score (nSPS) is 15.5. The second-order valence-corrected chi connectivity index (χ2v) is 8.47. The molecule has 0 saturated carbocycles. The van der Waals surface area contributed by atoms with Crippen LogP contribution >= 0.6 is 22.7 Å². The van der Waals surface area contributed by atoms with Gasteiger partial charge in [0.15, 0.2) is 0 Å². The molecule has 6 nitrogen and oxygen atoms in total. The Hall–Kier alpha value is -2.19. The number of nitrogens with one attached hydrogen (secondary N) is 1. The molecule has 3 aromatic rings. The molecule has 1 aliphatic heterocycles. The van der Waals surface area contributed by atoms with Crippen LogP contribution in [0.2, 0.25) is 0 Å². The van der Waals surface area contributed by atoms with E-state index in [9.17, 15) is 9.59 Å². The molecule has 1 saturated heterocycles. The molecule has 0 spiro atoms. The first-order valence-corrected chi connectivity index (χ1v) is 10.5. The highest BCUT2D eigenvalue weighted by Crippen LogP contribution is 2.23. The zero-order chi connectivity index (χ0) is 17.9. The third-order valence-corrected chi connectivity index (χ3v) is 6.54. The SMILES string of the molecule is O=C(Cc1cccs1)N1CCC(Cc2n[nH]c(=O)n2-c2cccs2)CC1. The number of aromatic amines is 1. The topological polar surface area (TPSA) is 71.0 Å². The van der Waals surface area contributed by atoms with Gasteiger partial charge >= 0.3 is 5.69 Å². The highest BCUT2D eigenvalue weighted by atomic mass is 32.1. The van der Waals surface area contributed by atoms with E-state index in [1.807, 2.05) is 39.9 Å². The van der Waals surface area contributed by atoms with Crippen LogP contribution in [0, 0.1) is 5.92 Å². The zero-order valence-corrected chi connectivity index (χ0v) is 15.9. The highest BCUT2D eigenvalue weighted by molar-refractivity contribution is 7.12. The summed E-state index contributed by atoms with van der Waals surface area (Å²) in [6, 6.07) is 7.85. The number of likely N-dealkylation sites (tertiary alicyclic amines) is 1. The Balaban J connectivity index is 1.36. The fraction of sp³-hybridized carbons (Fsp3) is 0.389. The van der Waals surface area contributed by atoms with Crippen LogP contribution in [0.4, 0.5) is 0 Å². The van der Waals surface area contributed by atoms with Crippen LogP contribution in [0.25, 0.3) is 5.00 Å². The summed E-state index contributed by atoms with van der Waals surface area (Å²) in [4.78, 5) is 27.6. The quantitative estimate of drug-likeness (QED) is 0.731. The lowest BCUT2D eigenvalue weighted by atomic mass is 9.93. The number of aromatic nitrogens is 3. The van der Waals surface area contributed by atoms with Crippen LogP contribution in [0.5, 0.6) is 0 Å². The summed E-state index contributed by atoms with van der Waals surface area (Å²) < 4.78 is 1.67. The van der Waals surface area contributed by atoms with E-state index in [1.54, 1.807) is 15.9 Å². The van der Waals surface area contributed by atoms with Gasteiger partial charge in [0.25, 0.3) is 0 Å². The molecule has 26 heavy (non-hydrogen) atoms. The fourth-order valence-corrected chi connectivity index (χ4v) is 4.85. The van der Waals surface area contributed by atoms with Crippen molar-refractivity contribution in [3.8, 4) is 5.00 Å². The Labute approximate surface area is 159 Å². The second-order valence-electron chi connectivity index (χ2n) is 6.52. The van der Waals surface area contributed by atoms with E-state index in [1.165, 1.54) is 11.3 Å². The first-order chi connectivity index (χ1) is 12.7. The lowest BCUT2D eigenvalue weighted by molar-refractivity contribution is -0.131. The predicted molar refractivity (Wildman–Crippen MR) is 103 cm³/mol. The summed E-state index contributed by atoms with van der Waals surface area (Å²) >= 11 is 3.16. The number of amides is 1. The minimum absolute atomic E-state index is 0.189. The Morgan fingerprint density at radius 3 is 2.65 bits per heavy atom. The van der Waals surface area contributed by atoms with Crippen LogP contribution in [0.15, 0.2) is 39.8 Å². The van der Waals surface area contributed by atoms with Crippen molar-refractivity contribution < 1.29 is 4.79 Å². The molecule has 0 aliphatic carbocycles. The maximum Gasteiger partial charge on any atom is 0.348 e. The first kappa shape index (κ1) is 17.2. The Bertz CT molecular complexity index is 904. The average molecular weight is 389 g/mol. The van der Waals surface area contributed by atoms with Gasteiger partial charge in [0, 0.05) is 24.4 Å². The maximum atomic E-state index is 12.4. The van der Waals surface area contributed by atoms with Gasteiger partial charge in [-0.2, -0.15) is 5.10 Å². The molecule has 4 heterocycles. The molecule has 8 heteroatoms. The van der Waals surface area contributed by atoms with E-state index in [2.05, 4.69) is 10.2 Å². The van der Waals surface area contributed by atoms with E-state index in [4.69, 9.17) is 0 Å². The highest BCUT2D eigenvalue weighted by Gasteiger charge is 2.25. The van der Waals surface area contributed by atoms with Gasteiger partial charge in [0.2, 0.25) is 5.91 Å². The van der Waals surface area contributed by atoms with Gasteiger partial charge in [0.1, 0.15) is 10.8 Å². The van der Waals surface area contributed by atoms with Gasteiger partial charge in [-0.3, -0.25) is 4.79 Å². The fourth-order valence-electron chi connectivity index (χ4n) is 3.41. The van der Waals surface area contributed by atoms with Crippen LogP contribution in [0.1, 0.15) is 23.5 Å². The number of carbonyl (C=O) groups excluding carboxylic acids is 1. The van der Waals surface area contributed by atoms with Crippen LogP contribution in [0.3, 0.4) is 0 Å². The number of hydrogen-bond acceptors (Lipinski definition) is 5. The minimum Gasteiger partial charge on any atom is -0.342 e. The van der Waals surface area contributed by atoms with Gasteiger partial charge in [0.05, 0.1) is 6.42 Å². The van der Waals surface area contributed by atoms with Crippen LogP contribution in [-0.2, 0) is 17.6 Å². The molecular weight excluding hydrogens is 368 g/mol. The minimum atomic E-state index is -0.189. The molecule has 0 radical (unpaired) electrons. The molecular formula is C18H20N4O2S2. The van der Waals surface area contributed by atoms with Crippen molar-refractivity contribution in [3.63, 3.8) is 0 Å². The maximum absolute atomic E-state index is 12.4. The summed E-state index contributed by atoms with van der Waals surface area (Å²) in [6.07, 6.45) is 3.15. The third kappa shape index (κ3) is 3.66. The average Bonchev–Trinajstić information content (AvgIpc) is 3.38. The summed E-state index contributed by atoms with van der Waals surface area (Å²) in [7, 11) is 0. The largest absolute Gasteiger partial charge is 0.348 e. The number of piperidine rings is 1. The number of rotatable bonds is 5. The number of H-pyrrole nitrogens is 1. The van der Waals surface area contributed by atoms with Gasteiger partial charge < -0.3 is 4.90 Å². The summed E-state index contributed by atoms with van der Waals surface area (Å²) in [6.45, 7) is 1.56. The van der Waals surface area contributed by atoms with Crippen molar-refractivity contribution in [2.45, 2.75) is 25.7 Å². The number of carbonyl (C=O) groups is 1. The van der Waals surface area contributed by atoms with Crippen molar-refractivity contribution in [1.82, 2.24) is 19.7 Å². The van der Waals surface area contributed by atoms with E-state index >= 15 is 0 Å². The van der Waals surface area contributed by atoms with Crippen molar-refractivity contribution in [1.29, 1.82) is 0 Å². The molecule has 1 N–H and O–H groups in total. The van der Waals surface area contributed by atoms with E-state index < -0.39 is 0 Å². The number of nitrogens with zero attached hydrogens (tertiary/aromatic N) is 3. The first-order valence-electron chi connectivity index (χ1n) is 8.71. The van der Waals surface area contributed by atoms with Gasteiger partial charge in [-0.1, -0.05) is 6.07 Å². The van der Waals surface area contributed by atoms with E-state index in [0.717, 1.165) is 48.1 Å². The molecule has 1 fully saturated rings. The Morgan fingerprint density at radius 1 is 1.19 bits per heavy atom. The molecule has 0 bridgehead atoms. The predicted octanol–water partition coefficient (Wildman–Crippen LogP) is 2.71. The second kappa shape index (κ2) is 7.59. The zero-order valence-electron chi connectivity index (χ0n) is 14.3. The molecule has 136 valence electrons. The summed E-state index contributed by atoms with van der Waals surface area (Å²) in [5, 5.41) is 11.6. The third-order valence-electron chi connectivity index (χ3n) is 4.81. The molecule has 1 amide bonds. The Kier molecular flexibility index (Phi) is 5.03. The van der Waals surface area contributed by atoms with Gasteiger partial charge in [-0.25, -0.2) is 14.5 Å².